The number of thioether (sulfide) groups is 2. The van der Waals surface area contributed by atoms with Gasteiger partial charge in [-0.25, -0.2) is 4.98 Å². The first-order chi connectivity index (χ1) is 7.66. The van der Waals surface area contributed by atoms with Gasteiger partial charge in [-0.3, -0.25) is 0 Å². The number of rotatable bonds is 3. The lowest BCUT2D eigenvalue weighted by Crippen LogP contribution is -2.38. The minimum absolute atomic E-state index is 0.266. The maximum absolute atomic E-state index is 6.27. The van der Waals surface area contributed by atoms with Crippen LogP contribution in [0, 0.1) is 13.8 Å². The van der Waals surface area contributed by atoms with Crippen molar-refractivity contribution in [2.45, 2.75) is 31.6 Å². The first kappa shape index (κ1) is 12.7. The molecule has 1 aromatic heterocycles. The van der Waals surface area contributed by atoms with E-state index in [1.54, 1.807) is 11.3 Å². The molecule has 0 spiro atoms. The van der Waals surface area contributed by atoms with Crippen LogP contribution in [0.15, 0.2) is 0 Å². The highest BCUT2D eigenvalue weighted by Crippen LogP contribution is 2.28. The van der Waals surface area contributed by atoms with E-state index in [4.69, 9.17) is 5.73 Å². The van der Waals surface area contributed by atoms with Gasteiger partial charge in [0.2, 0.25) is 0 Å². The lowest BCUT2D eigenvalue weighted by Gasteiger charge is -2.26. The molecule has 0 radical (unpaired) electrons. The maximum Gasteiger partial charge on any atom is 0.0946 e. The van der Waals surface area contributed by atoms with Crippen molar-refractivity contribution in [3.8, 4) is 0 Å². The van der Waals surface area contributed by atoms with Crippen molar-refractivity contribution in [1.82, 2.24) is 4.98 Å². The van der Waals surface area contributed by atoms with Crippen LogP contribution in [0.3, 0.4) is 0 Å². The Morgan fingerprint density at radius 3 is 2.81 bits per heavy atom. The Bertz CT molecular complexity index is 325. The zero-order valence-corrected chi connectivity index (χ0v) is 12.2. The van der Waals surface area contributed by atoms with Crippen LogP contribution in [-0.2, 0) is 6.42 Å². The van der Waals surface area contributed by atoms with E-state index in [2.05, 4.69) is 18.8 Å². The number of aromatic nitrogens is 1. The zero-order chi connectivity index (χ0) is 11.5. The second kappa shape index (κ2) is 5.76. The van der Waals surface area contributed by atoms with Gasteiger partial charge in [0.05, 0.1) is 10.7 Å². The van der Waals surface area contributed by atoms with E-state index in [0.717, 1.165) is 12.1 Å². The molecule has 90 valence electrons. The van der Waals surface area contributed by atoms with Gasteiger partial charge in [-0.15, -0.1) is 11.3 Å². The van der Waals surface area contributed by atoms with Gasteiger partial charge >= 0.3 is 0 Å². The van der Waals surface area contributed by atoms with Gasteiger partial charge < -0.3 is 5.73 Å². The fourth-order valence-corrected chi connectivity index (χ4v) is 5.54. The van der Waals surface area contributed by atoms with Crippen molar-refractivity contribution in [3.05, 3.63) is 15.6 Å². The molecule has 0 aromatic carbocycles. The summed E-state index contributed by atoms with van der Waals surface area (Å²) in [6.45, 7) is 4.21. The van der Waals surface area contributed by atoms with Gasteiger partial charge in [-0.05, 0) is 13.8 Å². The van der Waals surface area contributed by atoms with Crippen molar-refractivity contribution in [2.75, 3.05) is 17.3 Å². The van der Waals surface area contributed by atoms with Crippen molar-refractivity contribution in [3.63, 3.8) is 0 Å². The predicted molar refractivity (Wildman–Crippen MR) is 76.8 cm³/mol. The highest BCUT2D eigenvalue weighted by molar-refractivity contribution is 8.06. The van der Waals surface area contributed by atoms with Gasteiger partial charge in [0.25, 0.3) is 0 Å². The number of thiazole rings is 1. The van der Waals surface area contributed by atoms with Crippen molar-refractivity contribution in [2.24, 2.45) is 5.73 Å². The molecule has 2 nitrogen and oxygen atoms in total. The molecular formula is C11H18N2S3. The smallest absolute Gasteiger partial charge is 0.0946 e. The van der Waals surface area contributed by atoms with Crippen LogP contribution in [-0.4, -0.2) is 33.5 Å². The molecule has 5 heteroatoms. The van der Waals surface area contributed by atoms with Crippen LogP contribution < -0.4 is 5.73 Å². The zero-order valence-electron chi connectivity index (χ0n) is 9.73. The Hall–Kier alpha value is 0.290. The molecule has 2 heterocycles. The lowest BCUT2D eigenvalue weighted by atomic mass is 10.2. The molecule has 2 unspecified atom stereocenters. The number of aryl methyl sites for hydroxylation is 2. The molecule has 2 N–H and O–H groups in total. The Kier molecular flexibility index (Phi) is 4.58. The van der Waals surface area contributed by atoms with E-state index in [-0.39, 0.29) is 6.04 Å². The van der Waals surface area contributed by atoms with E-state index in [9.17, 15) is 0 Å². The summed E-state index contributed by atoms with van der Waals surface area (Å²) in [5.74, 6) is 3.73. The second-order valence-corrected chi connectivity index (χ2v) is 7.89. The summed E-state index contributed by atoms with van der Waals surface area (Å²) in [5, 5.41) is 1.82. The molecule has 0 saturated carbocycles. The minimum Gasteiger partial charge on any atom is -0.326 e. The summed E-state index contributed by atoms with van der Waals surface area (Å²) in [5.41, 5.74) is 7.44. The van der Waals surface area contributed by atoms with Crippen LogP contribution >= 0.6 is 34.9 Å². The molecule has 1 aliphatic rings. The van der Waals surface area contributed by atoms with Crippen molar-refractivity contribution < 1.29 is 0 Å². The molecular weight excluding hydrogens is 256 g/mol. The molecule has 16 heavy (non-hydrogen) atoms. The van der Waals surface area contributed by atoms with Crippen LogP contribution in [0.1, 0.15) is 15.6 Å². The molecule has 2 atom stereocenters. The van der Waals surface area contributed by atoms with E-state index < -0.39 is 0 Å². The summed E-state index contributed by atoms with van der Waals surface area (Å²) < 4.78 is 0. The van der Waals surface area contributed by atoms with Crippen LogP contribution in [0.5, 0.6) is 0 Å². The Balaban J connectivity index is 1.93. The van der Waals surface area contributed by atoms with Crippen LogP contribution in [0.4, 0.5) is 0 Å². The van der Waals surface area contributed by atoms with Gasteiger partial charge in [0.1, 0.15) is 0 Å². The third-order valence-electron chi connectivity index (χ3n) is 2.80. The molecule has 1 aromatic rings. The van der Waals surface area contributed by atoms with E-state index in [0.29, 0.717) is 5.25 Å². The first-order valence-electron chi connectivity index (χ1n) is 5.54. The number of nitrogens with zero attached hydrogens (tertiary/aromatic N) is 1. The fourth-order valence-electron chi connectivity index (χ4n) is 1.71. The minimum atomic E-state index is 0.266. The molecule has 0 aliphatic carbocycles. The molecule has 0 bridgehead atoms. The standard InChI is InChI=1S/C11H18N2S3/c1-7-8(2)16-11(13-7)5-9(12)10-6-14-3-4-15-10/h9-10H,3-6,12H2,1-2H3. The Labute approximate surface area is 110 Å². The lowest BCUT2D eigenvalue weighted by molar-refractivity contribution is 0.661. The molecule has 2 rings (SSSR count). The molecule has 1 fully saturated rings. The average molecular weight is 274 g/mol. The number of nitrogens with two attached hydrogens (primary N) is 1. The SMILES string of the molecule is Cc1nc(CC(N)C2CSCCS2)sc1C. The highest BCUT2D eigenvalue weighted by Gasteiger charge is 2.22. The fraction of sp³-hybridized carbons (Fsp3) is 0.727. The normalized spacial score (nSPS) is 23.3. The van der Waals surface area contributed by atoms with Crippen LogP contribution in [0.2, 0.25) is 0 Å². The first-order valence-corrected chi connectivity index (χ1v) is 8.56. The quantitative estimate of drug-likeness (QED) is 0.919. The summed E-state index contributed by atoms with van der Waals surface area (Å²) in [4.78, 5) is 5.89. The largest absolute Gasteiger partial charge is 0.326 e. The summed E-state index contributed by atoms with van der Waals surface area (Å²) in [6.07, 6.45) is 0.942. The summed E-state index contributed by atoms with van der Waals surface area (Å²) >= 11 is 5.86. The Morgan fingerprint density at radius 2 is 2.25 bits per heavy atom. The van der Waals surface area contributed by atoms with Crippen molar-refractivity contribution >= 4 is 34.9 Å². The van der Waals surface area contributed by atoms with E-state index in [1.165, 1.54) is 27.1 Å². The third kappa shape index (κ3) is 3.15. The third-order valence-corrected chi connectivity index (χ3v) is 6.84. The predicted octanol–water partition coefficient (Wildman–Crippen LogP) is 2.48. The number of hydrogen-bond acceptors (Lipinski definition) is 5. The van der Waals surface area contributed by atoms with Crippen LogP contribution in [0.25, 0.3) is 0 Å². The van der Waals surface area contributed by atoms with Gasteiger partial charge in [0, 0.05) is 39.8 Å². The van der Waals surface area contributed by atoms with Gasteiger partial charge in [-0.2, -0.15) is 23.5 Å². The molecule has 1 aliphatic heterocycles. The van der Waals surface area contributed by atoms with Gasteiger partial charge in [0.15, 0.2) is 0 Å². The topological polar surface area (TPSA) is 38.9 Å². The molecule has 1 saturated heterocycles. The maximum atomic E-state index is 6.27. The summed E-state index contributed by atoms with van der Waals surface area (Å²) in [7, 11) is 0. The Morgan fingerprint density at radius 1 is 1.44 bits per heavy atom. The average Bonchev–Trinajstić information content (AvgIpc) is 2.59. The second-order valence-electron chi connectivity index (χ2n) is 4.10. The monoisotopic (exact) mass is 274 g/mol. The van der Waals surface area contributed by atoms with E-state index >= 15 is 0 Å². The number of hydrogen-bond donors (Lipinski definition) is 1. The molecule has 0 amide bonds. The summed E-state index contributed by atoms with van der Waals surface area (Å²) in [6, 6.07) is 0.266. The van der Waals surface area contributed by atoms with E-state index in [1.807, 2.05) is 23.5 Å². The van der Waals surface area contributed by atoms with Crippen molar-refractivity contribution in [1.29, 1.82) is 0 Å². The van der Waals surface area contributed by atoms with Gasteiger partial charge in [-0.1, -0.05) is 0 Å². The highest BCUT2D eigenvalue weighted by atomic mass is 32.2.